The number of thioether (sulfide) groups is 1. The predicted octanol–water partition coefficient (Wildman–Crippen LogP) is 4.68. The molecule has 0 unspecified atom stereocenters. The van der Waals surface area contributed by atoms with Crippen molar-refractivity contribution in [3.63, 3.8) is 0 Å². The third kappa shape index (κ3) is 4.64. The van der Waals surface area contributed by atoms with Gasteiger partial charge in [-0.05, 0) is 62.9 Å². The standard InChI is InChI=1S/C29H28F2N6O2S/c1-6-23(38)35-12-13-36(17(3)15-35)27-19-14-21(31)25(24-20(30)8-7-9-22(24)40-5)33-28(19)37(29(39)34-27)26-16(2)10-11-32-18(26)4/h6-11,14,17H,1,12-13,15H2,2-5H3/t17-/m0/s1. The number of rotatable bonds is 5. The Morgan fingerprint density at radius 2 is 1.93 bits per heavy atom. The van der Waals surface area contributed by atoms with E-state index in [1.165, 1.54) is 34.5 Å². The number of aromatic nitrogens is 4. The van der Waals surface area contributed by atoms with E-state index < -0.39 is 17.3 Å². The average molecular weight is 563 g/mol. The normalized spacial score (nSPS) is 15.5. The minimum atomic E-state index is -0.742. The van der Waals surface area contributed by atoms with Crippen LogP contribution in [0, 0.1) is 25.5 Å². The topological polar surface area (TPSA) is 84.2 Å². The van der Waals surface area contributed by atoms with Crippen molar-refractivity contribution in [3.05, 3.63) is 82.6 Å². The number of pyridine rings is 2. The highest BCUT2D eigenvalue weighted by atomic mass is 32.2. The molecule has 1 aromatic carbocycles. The third-order valence-electron chi connectivity index (χ3n) is 7.15. The monoisotopic (exact) mass is 562 g/mol. The first-order chi connectivity index (χ1) is 19.2. The highest BCUT2D eigenvalue weighted by Crippen LogP contribution is 2.36. The summed E-state index contributed by atoms with van der Waals surface area (Å²) >= 11 is 1.27. The molecule has 0 spiro atoms. The van der Waals surface area contributed by atoms with Gasteiger partial charge in [0.15, 0.2) is 11.5 Å². The van der Waals surface area contributed by atoms with Crippen molar-refractivity contribution in [2.75, 3.05) is 30.8 Å². The summed E-state index contributed by atoms with van der Waals surface area (Å²) in [5.74, 6) is -1.29. The second-order valence-corrected chi connectivity index (χ2v) is 10.5. The summed E-state index contributed by atoms with van der Waals surface area (Å²) in [5, 5.41) is 0.292. The van der Waals surface area contributed by atoms with Crippen LogP contribution >= 0.6 is 11.8 Å². The molecular weight excluding hydrogens is 534 g/mol. The number of benzene rings is 1. The fraction of sp³-hybridized carbons (Fsp3) is 0.276. The first kappa shape index (κ1) is 27.4. The summed E-state index contributed by atoms with van der Waals surface area (Å²) in [6, 6.07) is 7.30. The maximum absolute atomic E-state index is 15.9. The number of piperazine rings is 1. The highest BCUT2D eigenvalue weighted by Gasteiger charge is 2.30. The molecule has 5 rings (SSSR count). The number of nitrogens with zero attached hydrogens (tertiary/aromatic N) is 6. The van der Waals surface area contributed by atoms with E-state index in [1.807, 2.05) is 18.7 Å². The summed E-state index contributed by atoms with van der Waals surface area (Å²) in [4.78, 5) is 43.4. The SMILES string of the molecule is C=CC(=O)N1CCN(c2nc(=O)n(-c3c(C)ccnc3C)c3nc(-c4c(F)cccc4SC)c(F)cc23)[C@@H](C)C1. The number of hydrogen-bond donors (Lipinski definition) is 0. The smallest absolute Gasteiger partial charge is 0.350 e. The van der Waals surface area contributed by atoms with Crippen molar-refractivity contribution >= 4 is 34.5 Å². The van der Waals surface area contributed by atoms with Crippen LogP contribution < -0.4 is 10.6 Å². The minimum absolute atomic E-state index is 0.0244. The molecule has 11 heteroatoms. The second kappa shape index (κ2) is 10.8. The van der Waals surface area contributed by atoms with Gasteiger partial charge in [-0.2, -0.15) is 4.98 Å². The number of fused-ring (bicyclic) bond motifs is 1. The summed E-state index contributed by atoms with van der Waals surface area (Å²) in [5.41, 5.74) is 1.13. The highest BCUT2D eigenvalue weighted by molar-refractivity contribution is 7.98. The molecule has 0 bridgehead atoms. The molecule has 0 saturated carbocycles. The van der Waals surface area contributed by atoms with Crippen molar-refractivity contribution in [2.24, 2.45) is 0 Å². The zero-order valence-corrected chi connectivity index (χ0v) is 23.4. The van der Waals surface area contributed by atoms with Crippen LogP contribution in [0.4, 0.5) is 14.6 Å². The molecule has 1 aliphatic heterocycles. The molecule has 8 nitrogen and oxygen atoms in total. The Balaban J connectivity index is 1.81. The Morgan fingerprint density at radius 1 is 1.15 bits per heavy atom. The molecule has 40 heavy (non-hydrogen) atoms. The quantitative estimate of drug-likeness (QED) is 0.258. The van der Waals surface area contributed by atoms with Crippen molar-refractivity contribution in [1.29, 1.82) is 0 Å². The Kier molecular flexibility index (Phi) is 7.41. The third-order valence-corrected chi connectivity index (χ3v) is 7.93. The van der Waals surface area contributed by atoms with Crippen LogP contribution in [0.5, 0.6) is 0 Å². The molecule has 0 radical (unpaired) electrons. The van der Waals surface area contributed by atoms with E-state index in [1.54, 1.807) is 42.5 Å². The molecule has 1 fully saturated rings. The van der Waals surface area contributed by atoms with E-state index in [4.69, 9.17) is 0 Å². The van der Waals surface area contributed by atoms with Gasteiger partial charge >= 0.3 is 5.69 Å². The van der Waals surface area contributed by atoms with Gasteiger partial charge in [0.2, 0.25) is 5.91 Å². The second-order valence-electron chi connectivity index (χ2n) is 9.65. The molecule has 4 heterocycles. The van der Waals surface area contributed by atoms with Gasteiger partial charge in [-0.15, -0.1) is 11.8 Å². The molecule has 4 aromatic rings. The molecule has 206 valence electrons. The van der Waals surface area contributed by atoms with E-state index in [0.717, 1.165) is 5.56 Å². The predicted molar refractivity (Wildman–Crippen MR) is 153 cm³/mol. The number of hydrogen-bond acceptors (Lipinski definition) is 7. The molecule has 1 aliphatic rings. The lowest BCUT2D eigenvalue weighted by Crippen LogP contribution is -2.54. The lowest BCUT2D eigenvalue weighted by Gasteiger charge is -2.40. The molecule has 1 amide bonds. The van der Waals surface area contributed by atoms with Crippen LogP contribution in [0.2, 0.25) is 0 Å². The van der Waals surface area contributed by atoms with Gasteiger partial charge in [-0.1, -0.05) is 12.6 Å². The van der Waals surface area contributed by atoms with E-state index in [-0.39, 0.29) is 34.7 Å². The largest absolute Gasteiger partial charge is 0.355 e. The van der Waals surface area contributed by atoms with E-state index in [2.05, 4.69) is 21.5 Å². The molecule has 0 aliphatic carbocycles. The summed E-state index contributed by atoms with van der Waals surface area (Å²) in [6.07, 6.45) is 4.68. The fourth-order valence-electron chi connectivity index (χ4n) is 5.23. The van der Waals surface area contributed by atoms with Crippen molar-refractivity contribution in [1.82, 2.24) is 24.4 Å². The van der Waals surface area contributed by atoms with Gasteiger partial charge in [0, 0.05) is 36.8 Å². The maximum Gasteiger partial charge on any atom is 0.355 e. The van der Waals surface area contributed by atoms with Gasteiger partial charge in [0.1, 0.15) is 17.3 Å². The number of aryl methyl sites for hydroxylation is 2. The van der Waals surface area contributed by atoms with Crippen molar-refractivity contribution in [2.45, 2.75) is 31.7 Å². The molecular formula is C29H28F2N6O2S. The fourth-order valence-corrected chi connectivity index (χ4v) is 5.84. The Hall–Kier alpha value is -4.12. The van der Waals surface area contributed by atoms with E-state index in [9.17, 15) is 9.59 Å². The van der Waals surface area contributed by atoms with Gasteiger partial charge < -0.3 is 9.80 Å². The number of amides is 1. The van der Waals surface area contributed by atoms with Gasteiger partial charge in [0.05, 0.1) is 22.3 Å². The zero-order valence-electron chi connectivity index (χ0n) is 22.6. The van der Waals surface area contributed by atoms with E-state index >= 15 is 8.78 Å². The maximum atomic E-state index is 15.9. The van der Waals surface area contributed by atoms with Crippen LogP contribution in [0.15, 0.2) is 58.9 Å². The Morgan fingerprint density at radius 3 is 2.60 bits per heavy atom. The molecule has 0 N–H and O–H groups in total. The number of halogens is 2. The van der Waals surface area contributed by atoms with E-state index in [0.29, 0.717) is 41.3 Å². The lowest BCUT2D eigenvalue weighted by atomic mass is 10.1. The van der Waals surface area contributed by atoms with Crippen LogP contribution in [0.1, 0.15) is 18.2 Å². The zero-order chi connectivity index (χ0) is 28.7. The summed E-state index contributed by atoms with van der Waals surface area (Å²) in [6.45, 7) is 10.2. The van der Waals surface area contributed by atoms with Crippen molar-refractivity contribution in [3.8, 4) is 16.9 Å². The van der Waals surface area contributed by atoms with Crippen LogP contribution in [-0.2, 0) is 4.79 Å². The Bertz CT molecular complexity index is 1700. The van der Waals surface area contributed by atoms with Crippen LogP contribution in [-0.4, -0.2) is 62.3 Å². The van der Waals surface area contributed by atoms with Crippen LogP contribution in [0.25, 0.3) is 28.0 Å². The molecule has 1 atom stereocenters. The van der Waals surface area contributed by atoms with Crippen molar-refractivity contribution < 1.29 is 13.6 Å². The number of carbonyl (C=O) groups excluding carboxylic acids is 1. The lowest BCUT2D eigenvalue weighted by molar-refractivity contribution is -0.126. The first-order valence-corrected chi connectivity index (χ1v) is 14.0. The number of carbonyl (C=O) groups is 1. The minimum Gasteiger partial charge on any atom is -0.350 e. The van der Waals surface area contributed by atoms with Gasteiger partial charge in [0.25, 0.3) is 0 Å². The van der Waals surface area contributed by atoms with Crippen LogP contribution in [0.3, 0.4) is 0 Å². The summed E-state index contributed by atoms with van der Waals surface area (Å²) in [7, 11) is 0. The van der Waals surface area contributed by atoms with Gasteiger partial charge in [-0.25, -0.2) is 23.1 Å². The Labute approximate surface area is 234 Å². The summed E-state index contributed by atoms with van der Waals surface area (Å²) < 4.78 is 32.4. The molecule has 3 aromatic heterocycles. The average Bonchev–Trinajstić information content (AvgIpc) is 2.93. The molecule has 1 saturated heterocycles. The number of anilines is 1. The van der Waals surface area contributed by atoms with Gasteiger partial charge in [-0.3, -0.25) is 9.78 Å². The first-order valence-electron chi connectivity index (χ1n) is 12.7.